The van der Waals surface area contributed by atoms with E-state index < -0.39 is 0 Å². The molecule has 3 aromatic heterocycles. The van der Waals surface area contributed by atoms with Gasteiger partial charge in [-0.3, -0.25) is 0 Å². The molecule has 3 aromatic rings. The van der Waals surface area contributed by atoms with Crippen molar-refractivity contribution in [2.75, 3.05) is 7.11 Å². The molecule has 3 heterocycles. The smallest absolute Gasteiger partial charge is 0.212 e. The number of aryl methyl sites for hydroxylation is 1. The zero-order chi connectivity index (χ0) is 14.7. The highest BCUT2D eigenvalue weighted by Crippen LogP contribution is 2.18. The molecule has 0 bridgehead atoms. The Hall–Kier alpha value is -2.28. The van der Waals surface area contributed by atoms with E-state index in [1.807, 2.05) is 18.3 Å². The van der Waals surface area contributed by atoms with Crippen LogP contribution in [0.4, 0.5) is 0 Å². The van der Waals surface area contributed by atoms with Crippen molar-refractivity contribution in [3.05, 3.63) is 40.6 Å². The molecule has 0 radical (unpaired) electrons. The van der Waals surface area contributed by atoms with E-state index in [0.29, 0.717) is 12.4 Å². The number of pyridine rings is 1. The van der Waals surface area contributed by atoms with Gasteiger partial charge in [0.2, 0.25) is 5.88 Å². The van der Waals surface area contributed by atoms with Gasteiger partial charge >= 0.3 is 0 Å². The lowest BCUT2D eigenvalue weighted by Gasteiger charge is -1.98. The Bertz CT molecular complexity index is 719. The van der Waals surface area contributed by atoms with Crippen LogP contribution in [0.15, 0.2) is 29.9 Å². The maximum absolute atomic E-state index is 5.04. The Morgan fingerprint density at radius 2 is 2.24 bits per heavy atom. The fourth-order valence-electron chi connectivity index (χ4n) is 1.88. The van der Waals surface area contributed by atoms with Gasteiger partial charge in [-0.05, 0) is 12.5 Å². The first kappa shape index (κ1) is 13.7. The number of hydrogen-bond donors (Lipinski definition) is 0. The average Bonchev–Trinajstić information content (AvgIpc) is 3.17. The number of ether oxygens (including phenoxy) is 1. The standard InChI is InChI=1S/C14H15N5OS/c1-3-11-9-21-14(16-11)8-19-7-12(17-18-19)10-4-5-13(20-2)15-6-10/h4-7,9H,3,8H2,1-2H3. The minimum Gasteiger partial charge on any atom is -0.481 e. The molecule has 0 saturated heterocycles. The highest BCUT2D eigenvalue weighted by Gasteiger charge is 2.07. The van der Waals surface area contributed by atoms with Crippen molar-refractivity contribution in [3.63, 3.8) is 0 Å². The third kappa shape index (κ3) is 3.08. The fourth-order valence-corrected chi connectivity index (χ4v) is 2.75. The van der Waals surface area contributed by atoms with Crippen LogP contribution in [-0.4, -0.2) is 32.1 Å². The molecule has 0 atom stereocenters. The topological polar surface area (TPSA) is 65.7 Å². The molecule has 6 nitrogen and oxygen atoms in total. The molecule has 0 unspecified atom stereocenters. The van der Waals surface area contributed by atoms with E-state index in [4.69, 9.17) is 4.74 Å². The van der Waals surface area contributed by atoms with Gasteiger partial charge in [-0.15, -0.1) is 16.4 Å². The monoisotopic (exact) mass is 301 g/mol. The molecule has 0 fully saturated rings. The molecule has 3 rings (SSSR count). The third-order valence-electron chi connectivity index (χ3n) is 3.04. The Morgan fingerprint density at radius 1 is 1.33 bits per heavy atom. The van der Waals surface area contributed by atoms with E-state index in [9.17, 15) is 0 Å². The van der Waals surface area contributed by atoms with Crippen molar-refractivity contribution in [1.29, 1.82) is 0 Å². The number of nitrogens with zero attached hydrogens (tertiary/aromatic N) is 5. The molecule has 0 aliphatic heterocycles. The highest BCUT2D eigenvalue weighted by molar-refractivity contribution is 7.09. The lowest BCUT2D eigenvalue weighted by molar-refractivity contribution is 0.398. The Kier molecular flexibility index (Phi) is 3.92. The molecule has 7 heteroatoms. The van der Waals surface area contributed by atoms with Crippen molar-refractivity contribution in [2.24, 2.45) is 0 Å². The van der Waals surface area contributed by atoms with Crippen molar-refractivity contribution in [3.8, 4) is 17.1 Å². The number of rotatable bonds is 5. The van der Waals surface area contributed by atoms with Crippen LogP contribution in [0.1, 0.15) is 17.6 Å². The summed E-state index contributed by atoms with van der Waals surface area (Å²) in [4.78, 5) is 8.70. The van der Waals surface area contributed by atoms with Crippen LogP contribution in [-0.2, 0) is 13.0 Å². The van der Waals surface area contributed by atoms with Crippen LogP contribution in [0.5, 0.6) is 5.88 Å². The Morgan fingerprint density at radius 3 is 2.90 bits per heavy atom. The molecule has 0 N–H and O–H groups in total. The number of methoxy groups -OCH3 is 1. The predicted octanol–water partition coefficient (Wildman–Crippen LogP) is 2.42. The zero-order valence-electron chi connectivity index (χ0n) is 11.9. The van der Waals surface area contributed by atoms with E-state index in [2.05, 4.69) is 32.6 Å². The molecule has 0 aliphatic rings. The first-order valence-corrected chi connectivity index (χ1v) is 7.50. The summed E-state index contributed by atoms with van der Waals surface area (Å²) in [6.07, 6.45) is 4.58. The van der Waals surface area contributed by atoms with Crippen molar-refractivity contribution in [1.82, 2.24) is 25.0 Å². The van der Waals surface area contributed by atoms with Crippen LogP contribution in [0, 0.1) is 0 Å². The van der Waals surface area contributed by atoms with Gasteiger partial charge in [0, 0.05) is 23.2 Å². The molecular formula is C14H15N5OS. The van der Waals surface area contributed by atoms with Crippen LogP contribution in [0.2, 0.25) is 0 Å². The SMILES string of the molecule is CCc1csc(Cn2cc(-c3ccc(OC)nc3)nn2)n1. The summed E-state index contributed by atoms with van der Waals surface area (Å²) in [6, 6.07) is 3.72. The van der Waals surface area contributed by atoms with Crippen LogP contribution in [0.3, 0.4) is 0 Å². The second-order valence-electron chi connectivity index (χ2n) is 4.48. The van der Waals surface area contributed by atoms with Crippen molar-refractivity contribution in [2.45, 2.75) is 19.9 Å². The fraction of sp³-hybridized carbons (Fsp3) is 0.286. The molecule has 0 amide bonds. The van der Waals surface area contributed by atoms with Gasteiger partial charge in [0.15, 0.2) is 0 Å². The number of aromatic nitrogens is 5. The summed E-state index contributed by atoms with van der Waals surface area (Å²) in [5.41, 5.74) is 2.82. The minimum absolute atomic E-state index is 0.584. The van der Waals surface area contributed by atoms with Crippen LogP contribution >= 0.6 is 11.3 Å². The molecule has 21 heavy (non-hydrogen) atoms. The van der Waals surface area contributed by atoms with Crippen LogP contribution in [0.25, 0.3) is 11.3 Å². The molecule has 0 aliphatic carbocycles. The van der Waals surface area contributed by atoms with Gasteiger partial charge in [-0.25, -0.2) is 14.6 Å². The maximum Gasteiger partial charge on any atom is 0.212 e. The number of hydrogen-bond acceptors (Lipinski definition) is 6. The summed E-state index contributed by atoms with van der Waals surface area (Å²) >= 11 is 1.65. The Labute approximate surface area is 126 Å². The normalized spacial score (nSPS) is 10.8. The lowest BCUT2D eigenvalue weighted by atomic mass is 10.2. The summed E-state index contributed by atoms with van der Waals surface area (Å²) in [5.74, 6) is 0.584. The average molecular weight is 301 g/mol. The molecule has 0 saturated carbocycles. The lowest BCUT2D eigenvalue weighted by Crippen LogP contribution is -2.00. The first-order chi connectivity index (χ1) is 10.3. The van der Waals surface area contributed by atoms with Gasteiger partial charge in [-0.1, -0.05) is 12.1 Å². The third-order valence-corrected chi connectivity index (χ3v) is 3.92. The summed E-state index contributed by atoms with van der Waals surface area (Å²) in [6.45, 7) is 2.74. The summed E-state index contributed by atoms with van der Waals surface area (Å²) in [7, 11) is 1.59. The highest BCUT2D eigenvalue weighted by atomic mass is 32.1. The summed E-state index contributed by atoms with van der Waals surface area (Å²) < 4.78 is 6.83. The van der Waals surface area contributed by atoms with Crippen LogP contribution < -0.4 is 4.74 Å². The first-order valence-electron chi connectivity index (χ1n) is 6.62. The number of thiazole rings is 1. The quantitative estimate of drug-likeness (QED) is 0.724. The minimum atomic E-state index is 0.584. The molecule has 108 valence electrons. The van der Waals surface area contributed by atoms with Gasteiger partial charge < -0.3 is 4.74 Å². The predicted molar refractivity (Wildman–Crippen MR) is 80.4 cm³/mol. The molecule has 0 aromatic carbocycles. The van der Waals surface area contributed by atoms with E-state index in [-0.39, 0.29) is 0 Å². The largest absolute Gasteiger partial charge is 0.481 e. The van der Waals surface area contributed by atoms with Gasteiger partial charge in [0.05, 0.1) is 25.5 Å². The van der Waals surface area contributed by atoms with Gasteiger partial charge in [0.25, 0.3) is 0 Å². The van der Waals surface area contributed by atoms with Crippen molar-refractivity contribution >= 4 is 11.3 Å². The van der Waals surface area contributed by atoms with E-state index in [1.165, 1.54) is 0 Å². The summed E-state index contributed by atoms with van der Waals surface area (Å²) in [5, 5.41) is 11.4. The van der Waals surface area contributed by atoms with E-state index >= 15 is 0 Å². The maximum atomic E-state index is 5.04. The second kappa shape index (κ2) is 6.01. The Balaban J connectivity index is 1.75. The zero-order valence-corrected chi connectivity index (χ0v) is 12.7. The van der Waals surface area contributed by atoms with E-state index in [0.717, 1.165) is 28.4 Å². The van der Waals surface area contributed by atoms with Gasteiger partial charge in [-0.2, -0.15) is 0 Å². The molecule has 0 spiro atoms. The second-order valence-corrected chi connectivity index (χ2v) is 5.42. The van der Waals surface area contributed by atoms with Crippen molar-refractivity contribution < 1.29 is 4.74 Å². The van der Waals surface area contributed by atoms with Gasteiger partial charge in [0.1, 0.15) is 10.7 Å². The molecular weight excluding hydrogens is 286 g/mol. The van der Waals surface area contributed by atoms with E-state index in [1.54, 1.807) is 29.3 Å².